The van der Waals surface area contributed by atoms with E-state index in [0.717, 1.165) is 31.3 Å². The Labute approximate surface area is 152 Å². The minimum atomic E-state index is -0.349. The molecule has 2 N–H and O–H groups in total. The van der Waals surface area contributed by atoms with E-state index in [1.165, 1.54) is 37.4 Å². The molecule has 0 bridgehead atoms. The van der Waals surface area contributed by atoms with Crippen molar-refractivity contribution in [2.24, 2.45) is 24.6 Å². The van der Waals surface area contributed by atoms with Crippen molar-refractivity contribution in [3.05, 3.63) is 5.82 Å². The van der Waals surface area contributed by atoms with Gasteiger partial charge in [-0.05, 0) is 24.7 Å². The van der Waals surface area contributed by atoms with Crippen molar-refractivity contribution in [2.75, 3.05) is 18.8 Å². The third-order valence-corrected chi connectivity index (χ3v) is 6.49. The minimum absolute atomic E-state index is 0.190. The van der Waals surface area contributed by atoms with E-state index < -0.39 is 0 Å². The zero-order valence-corrected chi connectivity index (χ0v) is 15.6. The molecule has 0 unspecified atom stereocenters. The Bertz CT molecular complexity index is 633. The molecular weight excluding hydrogens is 338 g/mol. The van der Waals surface area contributed by atoms with Crippen LogP contribution in [0.15, 0.2) is 5.16 Å². The number of thioether (sulfide) groups is 1. The Balaban J connectivity index is 1.50. The van der Waals surface area contributed by atoms with Gasteiger partial charge in [-0.1, -0.05) is 31.0 Å². The summed E-state index contributed by atoms with van der Waals surface area (Å²) in [5.74, 6) is 2.48. The summed E-state index contributed by atoms with van der Waals surface area (Å²) in [7, 11) is 1.86. The first-order valence-electron chi connectivity index (χ1n) is 9.11. The van der Waals surface area contributed by atoms with Crippen molar-refractivity contribution in [3.8, 4) is 0 Å². The predicted molar refractivity (Wildman–Crippen MR) is 95.9 cm³/mol. The highest BCUT2D eigenvalue weighted by molar-refractivity contribution is 7.99. The summed E-state index contributed by atoms with van der Waals surface area (Å²) in [6, 6.07) is 0. The van der Waals surface area contributed by atoms with Crippen molar-refractivity contribution in [3.63, 3.8) is 0 Å². The number of nitrogens with two attached hydrogens (primary N) is 1. The van der Waals surface area contributed by atoms with Gasteiger partial charge in [-0.3, -0.25) is 9.59 Å². The number of piperidine rings is 1. The molecule has 1 aliphatic carbocycles. The van der Waals surface area contributed by atoms with Crippen LogP contribution in [0.1, 0.15) is 44.3 Å². The fourth-order valence-electron chi connectivity index (χ4n) is 3.97. The molecule has 2 heterocycles. The molecule has 138 valence electrons. The van der Waals surface area contributed by atoms with Gasteiger partial charge in [-0.2, -0.15) is 0 Å². The fraction of sp³-hybridized carbons (Fsp3) is 0.765. The number of fused-ring (bicyclic) bond motifs is 1. The SMILES string of the molecule is Cn1c(CCC(N)=O)nnc1SCC(=O)N1CC[C@@H]2CCCC[C@H]2C1. The van der Waals surface area contributed by atoms with Gasteiger partial charge in [-0.15, -0.1) is 10.2 Å². The molecule has 1 saturated heterocycles. The quantitative estimate of drug-likeness (QED) is 0.768. The van der Waals surface area contributed by atoms with E-state index in [1.54, 1.807) is 0 Å². The topological polar surface area (TPSA) is 94.1 Å². The number of carbonyl (C=O) groups is 2. The number of nitrogens with zero attached hydrogens (tertiary/aromatic N) is 4. The summed E-state index contributed by atoms with van der Waals surface area (Å²) in [4.78, 5) is 25.5. The number of amides is 2. The summed E-state index contributed by atoms with van der Waals surface area (Å²) < 4.78 is 1.84. The Kier molecular flexibility index (Phi) is 5.98. The lowest BCUT2D eigenvalue weighted by molar-refractivity contribution is -0.131. The van der Waals surface area contributed by atoms with Gasteiger partial charge in [-0.25, -0.2) is 0 Å². The molecule has 2 fully saturated rings. The smallest absolute Gasteiger partial charge is 0.233 e. The maximum atomic E-state index is 12.6. The Morgan fingerprint density at radius 3 is 2.72 bits per heavy atom. The monoisotopic (exact) mass is 365 g/mol. The van der Waals surface area contributed by atoms with Crippen LogP contribution in [0.25, 0.3) is 0 Å². The first-order valence-corrected chi connectivity index (χ1v) is 10.1. The van der Waals surface area contributed by atoms with Crippen LogP contribution in [0.3, 0.4) is 0 Å². The lowest BCUT2D eigenvalue weighted by Gasteiger charge is -2.41. The second-order valence-corrected chi connectivity index (χ2v) is 8.09. The van der Waals surface area contributed by atoms with Gasteiger partial charge < -0.3 is 15.2 Å². The molecule has 1 aromatic heterocycles. The molecular formula is C17H27N5O2S. The number of rotatable bonds is 6. The van der Waals surface area contributed by atoms with Crippen molar-refractivity contribution >= 4 is 23.6 Å². The van der Waals surface area contributed by atoms with Crippen LogP contribution in [-0.4, -0.2) is 50.3 Å². The standard InChI is InChI=1S/C17H27N5O2S/c1-21-15(7-6-14(18)23)19-20-17(21)25-11-16(24)22-9-8-12-4-2-3-5-13(12)10-22/h12-13H,2-11H2,1H3,(H2,18,23)/t12-,13-/m0/s1. The Hall–Kier alpha value is -1.57. The lowest BCUT2D eigenvalue weighted by Crippen LogP contribution is -2.45. The zero-order chi connectivity index (χ0) is 17.8. The third-order valence-electron chi connectivity index (χ3n) is 5.49. The number of likely N-dealkylation sites (tertiary alicyclic amines) is 1. The average Bonchev–Trinajstić information content (AvgIpc) is 2.97. The first-order chi connectivity index (χ1) is 12.0. The van der Waals surface area contributed by atoms with Gasteiger partial charge in [0.1, 0.15) is 5.82 Å². The number of aromatic nitrogens is 3. The molecule has 2 amide bonds. The summed E-state index contributed by atoms with van der Waals surface area (Å²) in [6.45, 7) is 1.82. The summed E-state index contributed by atoms with van der Waals surface area (Å²) >= 11 is 1.42. The van der Waals surface area contributed by atoms with E-state index in [0.29, 0.717) is 23.2 Å². The number of carbonyl (C=O) groups excluding carboxylic acids is 2. The number of aryl methyl sites for hydroxylation is 1. The molecule has 1 aromatic rings. The summed E-state index contributed by atoms with van der Waals surface area (Å²) in [5, 5.41) is 8.93. The van der Waals surface area contributed by atoms with E-state index in [2.05, 4.69) is 10.2 Å². The van der Waals surface area contributed by atoms with Crippen LogP contribution < -0.4 is 5.73 Å². The van der Waals surface area contributed by atoms with E-state index in [-0.39, 0.29) is 18.2 Å². The largest absolute Gasteiger partial charge is 0.370 e. The lowest BCUT2D eigenvalue weighted by atomic mass is 9.75. The highest BCUT2D eigenvalue weighted by atomic mass is 32.2. The van der Waals surface area contributed by atoms with Gasteiger partial charge in [0.25, 0.3) is 0 Å². The van der Waals surface area contributed by atoms with E-state index in [1.807, 2.05) is 16.5 Å². The molecule has 25 heavy (non-hydrogen) atoms. The minimum Gasteiger partial charge on any atom is -0.370 e. The molecule has 8 heteroatoms. The molecule has 3 rings (SSSR count). The van der Waals surface area contributed by atoms with Crippen molar-refractivity contribution in [1.29, 1.82) is 0 Å². The van der Waals surface area contributed by atoms with Gasteiger partial charge in [0.2, 0.25) is 11.8 Å². The second kappa shape index (κ2) is 8.21. The van der Waals surface area contributed by atoms with E-state index >= 15 is 0 Å². The van der Waals surface area contributed by atoms with Crippen molar-refractivity contribution in [2.45, 2.75) is 50.1 Å². The predicted octanol–water partition coefficient (Wildman–Crippen LogP) is 1.36. The van der Waals surface area contributed by atoms with Crippen molar-refractivity contribution in [1.82, 2.24) is 19.7 Å². The number of hydrogen-bond acceptors (Lipinski definition) is 5. The summed E-state index contributed by atoms with van der Waals surface area (Å²) in [6.07, 6.45) is 7.17. The van der Waals surface area contributed by atoms with Crippen LogP contribution >= 0.6 is 11.8 Å². The van der Waals surface area contributed by atoms with Gasteiger partial charge >= 0.3 is 0 Å². The number of hydrogen-bond donors (Lipinski definition) is 1. The molecule has 1 aliphatic heterocycles. The van der Waals surface area contributed by atoms with Crippen LogP contribution in [0, 0.1) is 11.8 Å². The second-order valence-electron chi connectivity index (χ2n) is 7.15. The summed E-state index contributed by atoms with van der Waals surface area (Å²) in [5.41, 5.74) is 5.17. The molecule has 0 radical (unpaired) electrons. The van der Waals surface area contributed by atoms with Crippen LogP contribution in [-0.2, 0) is 23.1 Å². The highest BCUT2D eigenvalue weighted by Gasteiger charge is 2.32. The fourth-order valence-corrected chi connectivity index (χ4v) is 4.80. The Morgan fingerprint density at radius 2 is 1.96 bits per heavy atom. The molecule has 1 saturated carbocycles. The number of primary amides is 1. The molecule has 7 nitrogen and oxygen atoms in total. The van der Waals surface area contributed by atoms with Gasteiger partial charge in [0.05, 0.1) is 5.75 Å². The normalized spacial score (nSPS) is 23.3. The first kappa shape index (κ1) is 18.2. The van der Waals surface area contributed by atoms with Gasteiger partial charge in [0.15, 0.2) is 5.16 Å². The maximum Gasteiger partial charge on any atom is 0.233 e. The zero-order valence-electron chi connectivity index (χ0n) is 14.8. The third kappa shape index (κ3) is 4.54. The maximum absolute atomic E-state index is 12.6. The van der Waals surface area contributed by atoms with E-state index in [9.17, 15) is 9.59 Å². The van der Waals surface area contributed by atoms with Crippen LogP contribution in [0.4, 0.5) is 0 Å². The van der Waals surface area contributed by atoms with Crippen LogP contribution in [0.2, 0.25) is 0 Å². The highest BCUT2D eigenvalue weighted by Crippen LogP contribution is 2.36. The molecule has 0 aromatic carbocycles. The average molecular weight is 366 g/mol. The molecule has 0 spiro atoms. The van der Waals surface area contributed by atoms with E-state index in [4.69, 9.17) is 5.73 Å². The van der Waals surface area contributed by atoms with Gasteiger partial charge in [0, 0.05) is 33.0 Å². The van der Waals surface area contributed by atoms with Crippen molar-refractivity contribution < 1.29 is 9.59 Å². The molecule has 2 aliphatic rings. The van der Waals surface area contributed by atoms with Crippen LogP contribution in [0.5, 0.6) is 0 Å². The molecule has 2 atom stereocenters. The Morgan fingerprint density at radius 1 is 1.20 bits per heavy atom.